The molecule has 3 aromatic rings. The summed E-state index contributed by atoms with van der Waals surface area (Å²) in [5.74, 6) is -0.868. The highest BCUT2D eigenvalue weighted by Gasteiger charge is 2.14. The van der Waals surface area contributed by atoms with Crippen LogP contribution in [0.15, 0.2) is 66.7 Å². The third-order valence-corrected chi connectivity index (χ3v) is 4.52. The van der Waals surface area contributed by atoms with Crippen LogP contribution in [0.3, 0.4) is 0 Å². The number of aromatic carboxylic acids is 1. The first-order valence-electron chi connectivity index (χ1n) is 8.48. The van der Waals surface area contributed by atoms with Gasteiger partial charge in [-0.15, -0.1) is 0 Å². The average molecular weight is 330 g/mol. The molecule has 0 aromatic heterocycles. The molecule has 0 aliphatic rings. The molecular formula is C23H22O2. The number of aryl methyl sites for hydroxylation is 2. The van der Waals surface area contributed by atoms with Crippen LogP contribution in [0.1, 0.15) is 43.7 Å². The van der Waals surface area contributed by atoms with Crippen molar-refractivity contribution in [3.05, 3.63) is 106 Å². The molecule has 0 atom stereocenters. The van der Waals surface area contributed by atoms with Gasteiger partial charge in [0, 0.05) is 0 Å². The quantitative estimate of drug-likeness (QED) is 0.699. The summed E-state index contributed by atoms with van der Waals surface area (Å²) in [6, 6.07) is 22.3. The summed E-state index contributed by atoms with van der Waals surface area (Å²) >= 11 is 0. The largest absolute Gasteiger partial charge is 0.478 e. The van der Waals surface area contributed by atoms with Crippen LogP contribution in [0, 0.1) is 13.8 Å². The Bertz CT molecular complexity index is 875. The van der Waals surface area contributed by atoms with Crippen molar-refractivity contribution in [2.45, 2.75) is 26.7 Å². The van der Waals surface area contributed by atoms with E-state index in [1.807, 2.05) is 12.1 Å². The topological polar surface area (TPSA) is 37.3 Å². The van der Waals surface area contributed by atoms with Gasteiger partial charge in [0.05, 0.1) is 5.56 Å². The second-order valence-electron chi connectivity index (χ2n) is 6.57. The van der Waals surface area contributed by atoms with E-state index < -0.39 is 5.97 Å². The van der Waals surface area contributed by atoms with Crippen LogP contribution < -0.4 is 0 Å². The van der Waals surface area contributed by atoms with Gasteiger partial charge in [0.15, 0.2) is 0 Å². The monoisotopic (exact) mass is 330 g/mol. The van der Waals surface area contributed by atoms with E-state index in [-0.39, 0.29) is 0 Å². The molecule has 0 saturated heterocycles. The van der Waals surface area contributed by atoms with Crippen LogP contribution in [0.5, 0.6) is 0 Å². The number of hydrogen-bond donors (Lipinski definition) is 1. The lowest BCUT2D eigenvalue weighted by Gasteiger charge is -2.14. The predicted molar refractivity (Wildman–Crippen MR) is 101 cm³/mol. The molecule has 3 aromatic carbocycles. The molecule has 0 spiro atoms. The van der Waals surface area contributed by atoms with E-state index in [1.165, 1.54) is 16.7 Å². The predicted octanol–water partition coefficient (Wildman–Crippen LogP) is 5.18. The maximum absolute atomic E-state index is 11.7. The van der Waals surface area contributed by atoms with Gasteiger partial charge in [-0.1, -0.05) is 71.8 Å². The lowest BCUT2D eigenvalue weighted by Crippen LogP contribution is -2.07. The average Bonchev–Trinajstić information content (AvgIpc) is 2.60. The summed E-state index contributed by atoms with van der Waals surface area (Å²) in [4.78, 5) is 11.7. The second-order valence-corrected chi connectivity index (χ2v) is 6.57. The van der Waals surface area contributed by atoms with Crippen LogP contribution in [0.4, 0.5) is 0 Å². The van der Waals surface area contributed by atoms with Crippen molar-refractivity contribution in [2.24, 2.45) is 0 Å². The normalized spacial score (nSPS) is 10.6. The lowest BCUT2D eigenvalue weighted by molar-refractivity contribution is 0.0695. The molecule has 0 aliphatic carbocycles. The molecule has 126 valence electrons. The van der Waals surface area contributed by atoms with Crippen molar-refractivity contribution in [3.8, 4) is 0 Å². The molecule has 25 heavy (non-hydrogen) atoms. The third-order valence-electron chi connectivity index (χ3n) is 4.52. The van der Waals surface area contributed by atoms with Crippen molar-refractivity contribution in [2.75, 3.05) is 0 Å². The molecule has 0 aliphatic heterocycles. The summed E-state index contributed by atoms with van der Waals surface area (Å²) in [6.45, 7) is 4.12. The Kier molecular flexibility index (Phi) is 4.99. The zero-order valence-electron chi connectivity index (χ0n) is 14.6. The molecule has 2 nitrogen and oxygen atoms in total. The number of carbonyl (C=O) groups is 1. The van der Waals surface area contributed by atoms with Crippen molar-refractivity contribution >= 4 is 5.97 Å². The van der Waals surface area contributed by atoms with Crippen molar-refractivity contribution in [3.63, 3.8) is 0 Å². The van der Waals surface area contributed by atoms with Gasteiger partial charge in [-0.25, -0.2) is 4.79 Å². The maximum atomic E-state index is 11.7. The van der Waals surface area contributed by atoms with Crippen LogP contribution in [0.2, 0.25) is 0 Å². The van der Waals surface area contributed by atoms with E-state index in [9.17, 15) is 9.90 Å². The Morgan fingerprint density at radius 3 is 1.80 bits per heavy atom. The number of carboxylic acids is 1. The fourth-order valence-electron chi connectivity index (χ4n) is 3.05. The van der Waals surface area contributed by atoms with E-state index in [2.05, 4.69) is 62.4 Å². The van der Waals surface area contributed by atoms with E-state index in [4.69, 9.17) is 0 Å². The third kappa shape index (κ3) is 4.16. The van der Waals surface area contributed by atoms with Gasteiger partial charge in [-0.05, 0) is 55.0 Å². The smallest absolute Gasteiger partial charge is 0.335 e. The van der Waals surface area contributed by atoms with Gasteiger partial charge in [0.1, 0.15) is 0 Å². The number of carboxylic acid groups (broad SMARTS) is 1. The van der Waals surface area contributed by atoms with E-state index >= 15 is 0 Å². The van der Waals surface area contributed by atoms with Crippen molar-refractivity contribution < 1.29 is 9.90 Å². The Hall–Kier alpha value is -2.87. The molecular weight excluding hydrogens is 308 g/mol. The fourth-order valence-corrected chi connectivity index (χ4v) is 3.05. The molecule has 0 heterocycles. The molecule has 0 saturated carbocycles. The second kappa shape index (κ2) is 7.35. The summed E-state index contributed by atoms with van der Waals surface area (Å²) in [6.07, 6.45) is 1.37. The van der Waals surface area contributed by atoms with Crippen LogP contribution in [-0.2, 0) is 12.8 Å². The first kappa shape index (κ1) is 17.0. The minimum absolute atomic E-state index is 0.394. The summed E-state index contributed by atoms with van der Waals surface area (Å²) in [5.41, 5.74) is 7.12. The summed E-state index contributed by atoms with van der Waals surface area (Å²) in [5, 5.41) is 9.61. The molecule has 1 N–H and O–H groups in total. The van der Waals surface area contributed by atoms with Crippen LogP contribution in [-0.4, -0.2) is 11.1 Å². The molecule has 0 unspecified atom stereocenters. The minimum Gasteiger partial charge on any atom is -0.478 e. The Morgan fingerprint density at radius 2 is 1.28 bits per heavy atom. The van der Waals surface area contributed by atoms with Gasteiger partial charge in [0.2, 0.25) is 0 Å². The zero-order chi connectivity index (χ0) is 17.8. The fraction of sp³-hybridized carbons (Fsp3) is 0.174. The molecule has 0 bridgehead atoms. The van der Waals surface area contributed by atoms with Gasteiger partial charge < -0.3 is 5.11 Å². The van der Waals surface area contributed by atoms with E-state index in [0.29, 0.717) is 12.0 Å². The highest BCUT2D eigenvalue weighted by atomic mass is 16.4. The maximum Gasteiger partial charge on any atom is 0.335 e. The van der Waals surface area contributed by atoms with Crippen LogP contribution >= 0.6 is 0 Å². The van der Waals surface area contributed by atoms with Gasteiger partial charge in [-0.3, -0.25) is 0 Å². The molecule has 0 amide bonds. The van der Waals surface area contributed by atoms with Gasteiger partial charge in [-0.2, -0.15) is 0 Å². The molecule has 0 radical (unpaired) electrons. The van der Waals surface area contributed by atoms with Gasteiger partial charge in [0.25, 0.3) is 0 Å². The van der Waals surface area contributed by atoms with Crippen molar-refractivity contribution in [1.29, 1.82) is 0 Å². The standard InChI is InChI=1S/C23H22O2/c1-16-6-10-18(11-7-16)14-20-4-3-5-21(23(24)25)22(20)15-19-12-8-17(2)9-13-19/h3-13H,14-15H2,1-2H3,(H,24,25). The SMILES string of the molecule is Cc1ccc(Cc2cccc(C(=O)O)c2Cc2ccc(C)cc2)cc1. The molecule has 3 rings (SSSR count). The number of rotatable bonds is 5. The first-order chi connectivity index (χ1) is 12.0. The van der Waals surface area contributed by atoms with E-state index in [1.54, 1.807) is 6.07 Å². The molecule has 2 heteroatoms. The first-order valence-corrected chi connectivity index (χ1v) is 8.48. The lowest BCUT2D eigenvalue weighted by atomic mass is 9.91. The highest BCUT2D eigenvalue weighted by Crippen LogP contribution is 2.23. The van der Waals surface area contributed by atoms with Crippen LogP contribution in [0.25, 0.3) is 0 Å². The summed E-state index contributed by atoms with van der Waals surface area (Å²) < 4.78 is 0. The molecule has 0 fully saturated rings. The Balaban J connectivity index is 1.99. The summed E-state index contributed by atoms with van der Waals surface area (Å²) in [7, 11) is 0. The van der Waals surface area contributed by atoms with E-state index in [0.717, 1.165) is 23.1 Å². The Morgan fingerprint density at radius 1 is 0.760 bits per heavy atom. The van der Waals surface area contributed by atoms with Crippen molar-refractivity contribution in [1.82, 2.24) is 0 Å². The minimum atomic E-state index is -0.868. The van der Waals surface area contributed by atoms with Gasteiger partial charge >= 0.3 is 5.97 Å². The number of hydrogen-bond acceptors (Lipinski definition) is 1. The highest BCUT2D eigenvalue weighted by molar-refractivity contribution is 5.90. The zero-order valence-corrected chi connectivity index (χ0v) is 14.6. The number of benzene rings is 3. The Labute approximate surface area is 148 Å².